The second kappa shape index (κ2) is 7.40. The smallest absolute Gasteiger partial charge is 0.310 e. The van der Waals surface area contributed by atoms with E-state index < -0.39 is 24.4 Å². The van der Waals surface area contributed by atoms with E-state index in [0.717, 1.165) is 24.8 Å². The van der Waals surface area contributed by atoms with Gasteiger partial charge in [-0.25, -0.2) is 0 Å². The second-order valence-electron chi connectivity index (χ2n) is 5.65. The third-order valence-corrected chi connectivity index (χ3v) is 4.74. The van der Waals surface area contributed by atoms with Crippen LogP contribution in [0.15, 0.2) is 35.7 Å². The normalized spacial score (nSPS) is 12.5. The van der Waals surface area contributed by atoms with E-state index in [-0.39, 0.29) is 6.42 Å². The number of fused-ring (bicyclic) bond motifs is 1. The lowest BCUT2D eigenvalue weighted by atomic mass is 10.0. The van der Waals surface area contributed by atoms with Gasteiger partial charge in [-0.2, -0.15) is 0 Å². The molecule has 0 saturated heterocycles. The summed E-state index contributed by atoms with van der Waals surface area (Å²) in [6.45, 7) is -0.457. The maximum Gasteiger partial charge on any atom is 0.310 e. The van der Waals surface area contributed by atoms with Crippen molar-refractivity contribution in [3.63, 3.8) is 0 Å². The summed E-state index contributed by atoms with van der Waals surface area (Å²) in [5, 5.41) is 3.94. The fraction of sp³-hybridized carbons (Fsp3) is 0.278. The van der Waals surface area contributed by atoms with Crippen LogP contribution in [0.3, 0.4) is 0 Å². The first kappa shape index (κ1) is 16.4. The van der Waals surface area contributed by atoms with Crippen LogP contribution < -0.4 is 5.32 Å². The quantitative estimate of drug-likeness (QED) is 0.846. The number of thiophene rings is 1. The summed E-state index contributed by atoms with van der Waals surface area (Å²) in [7, 11) is 0. The number of aryl methyl sites for hydroxylation is 2. The Morgan fingerprint density at radius 2 is 1.96 bits per heavy atom. The number of rotatable bonds is 5. The lowest BCUT2D eigenvalue weighted by Crippen LogP contribution is -2.33. The Morgan fingerprint density at radius 1 is 1.12 bits per heavy atom. The third kappa shape index (κ3) is 4.08. The number of carbonyl (C=O) groups excluding carboxylic acids is 3. The van der Waals surface area contributed by atoms with Crippen molar-refractivity contribution in [2.45, 2.75) is 25.7 Å². The molecule has 0 atom stereocenters. The molecule has 0 saturated carbocycles. The maximum absolute atomic E-state index is 11.8. The fourth-order valence-electron chi connectivity index (χ4n) is 2.73. The number of esters is 1. The Morgan fingerprint density at radius 3 is 2.75 bits per heavy atom. The second-order valence-corrected chi connectivity index (χ2v) is 6.60. The van der Waals surface area contributed by atoms with Gasteiger partial charge in [0.25, 0.3) is 11.8 Å². The molecule has 1 heterocycles. The molecule has 2 aromatic rings. The van der Waals surface area contributed by atoms with Gasteiger partial charge in [0.05, 0.1) is 11.3 Å². The molecule has 5 nitrogen and oxygen atoms in total. The van der Waals surface area contributed by atoms with Gasteiger partial charge in [-0.1, -0.05) is 24.3 Å². The molecule has 0 fully saturated rings. The average molecular weight is 343 g/mol. The van der Waals surface area contributed by atoms with E-state index in [9.17, 15) is 14.4 Å². The molecule has 1 aromatic heterocycles. The summed E-state index contributed by atoms with van der Waals surface area (Å²) in [6, 6.07) is 9.35. The number of hydrogen-bond acceptors (Lipinski definition) is 5. The predicted octanol–water partition coefficient (Wildman–Crippen LogP) is 2.28. The molecule has 0 radical (unpaired) electrons. The molecule has 1 aromatic carbocycles. The largest absolute Gasteiger partial charge is 0.455 e. The Hall–Kier alpha value is -2.47. The van der Waals surface area contributed by atoms with Crippen molar-refractivity contribution >= 4 is 29.1 Å². The molecule has 1 N–H and O–H groups in total. The van der Waals surface area contributed by atoms with Crippen LogP contribution in [-0.4, -0.2) is 24.4 Å². The molecule has 0 aliphatic heterocycles. The molecule has 2 amide bonds. The van der Waals surface area contributed by atoms with Gasteiger partial charge in [-0.15, -0.1) is 11.3 Å². The zero-order chi connectivity index (χ0) is 16.9. The maximum atomic E-state index is 11.8. The van der Waals surface area contributed by atoms with Gasteiger partial charge in [-0.05, 0) is 47.4 Å². The number of benzene rings is 1. The van der Waals surface area contributed by atoms with Crippen molar-refractivity contribution in [3.8, 4) is 0 Å². The van der Waals surface area contributed by atoms with Crippen molar-refractivity contribution < 1.29 is 19.1 Å². The van der Waals surface area contributed by atoms with Crippen LogP contribution in [0.4, 0.5) is 0 Å². The predicted molar refractivity (Wildman–Crippen MR) is 89.9 cm³/mol. The van der Waals surface area contributed by atoms with Gasteiger partial charge in [0.15, 0.2) is 6.61 Å². The van der Waals surface area contributed by atoms with E-state index >= 15 is 0 Å². The lowest BCUT2D eigenvalue weighted by Gasteiger charge is -2.07. The van der Waals surface area contributed by atoms with Crippen molar-refractivity contribution in [2.75, 3.05) is 6.61 Å². The standard InChI is InChI=1S/C18H17NO4S/c20-16(19-18(22)15-5-2-8-24-15)11-23-17(21)10-12-6-7-13-3-1-4-14(13)9-12/h2,5-9H,1,3-4,10-11H2,(H,19,20,22). The highest BCUT2D eigenvalue weighted by Gasteiger charge is 2.15. The lowest BCUT2D eigenvalue weighted by molar-refractivity contribution is -0.147. The van der Waals surface area contributed by atoms with Crippen LogP contribution in [-0.2, 0) is 33.6 Å². The van der Waals surface area contributed by atoms with Crippen LogP contribution >= 0.6 is 11.3 Å². The fourth-order valence-corrected chi connectivity index (χ4v) is 3.35. The van der Waals surface area contributed by atoms with E-state index in [1.54, 1.807) is 17.5 Å². The van der Waals surface area contributed by atoms with E-state index in [1.165, 1.54) is 22.5 Å². The number of hydrogen-bond donors (Lipinski definition) is 1. The summed E-state index contributed by atoms with van der Waals surface area (Å²) < 4.78 is 4.95. The van der Waals surface area contributed by atoms with Gasteiger partial charge in [0.1, 0.15) is 0 Å². The molecular formula is C18H17NO4S. The molecule has 0 spiro atoms. The first-order chi connectivity index (χ1) is 11.6. The minimum atomic E-state index is -0.629. The Kier molecular flexibility index (Phi) is 5.05. The molecule has 1 aliphatic rings. The minimum Gasteiger partial charge on any atom is -0.455 e. The van der Waals surface area contributed by atoms with Gasteiger partial charge in [-0.3, -0.25) is 19.7 Å². The third-order valence-electron chi connectivity index (χ3n) is 3.87. The number of amides is 2. The summed E-state index contributed by atoms with van der Waals surface area (Å²) >= 11 is 1.24. The monoisotopic (exact) mass is 343 g/mol. The Balaban J connectivity index is 1.45. The summed E-state index contributed by atoms with van der Waals surface area (Å²) in [5.74, 6) is -1.59. The van der Waals surface area contributed by atoms with Gasteiger partial charge in [0, 0.05) is 0 Å². The minimum absolute atomic E-state index is 0.124. The van der Waals surface area contributed by atoms with Crippen LogP contribution in [0.25, 0.3) is 0 Å². The Bertz CT molecular complexity index is 767. The summed E-state index contributed by atoms with van der Waals surface area (Å²) in [4.78, 5) is 35.6. The zero-order valence-corrected chi connectivity index (χ0v) is 13.9. The number of ether oxygens (including phenoxy) is 1. The number of carbonyl (C=O) groups is 3. The molecule has 3 rings (SSSR count). The highest BCUT2D eigenvalue weighted by molar-refractivity contribution is 7.12. The molecule has 0 unspecified atom stereocenters. The van der Waals surface area contributed by atoms with Crippen LogP contribution in [0, 0.1) is 0 Å². The first-order valence-electron chi connectivity index (χ1n) is 7.76. The molecule has 24 heavy (non-hydrogen) atoms. The molecule has 1 aliphatic carbocycles. The van der Waals surface area contributed by atoms with E-state index in [2.05, 4.69) is 11.4 Å². The zero-order valence-electron chi connectivity index (χ0n) is 13.0. The Labute approximate surface area is 143 Å². The highest BCUT2D eigenvalue weighted by Crippen LogP contribution is 2.23. The van der Waals surface area contributed by atoms with Crippen LogP contribution in [0.1, 0.15) is 32.8 Å². The number of imide groups is 1. The van der Waals surface area contributed by atoms with Gasteiger partial charge >= 0.3 is 5.97 Å². The van der Waals surface area contributed by atoms with Crippen molar-refractivity contribution in [1.82, 2.24) is 5.32 Å². The summed E-state index contributed by atoms with van der Waals surface area (Å²) in [6.07, 6.45) is 3.42. The van der Waals surface area contributed by atoms with E-state index in [1.807, 2.05) is 12.1 Å². The molecular weight excluding hydrogens is 326 g/mol. The topological polar surface area (TPSA) is 72.5 Å². The molecule has 124 valence electrons. The molecule has 0 bridgehead atoms. The first-order valence-corrected chi connectivity index (χ1v) is 8.64. The number of nitrogens with one attached hydrogen (secondary N) is 1. The van der Waals surface area contributed by atoms with Crippen molar-refractivity contribution in [3.05, 3.63) is 57.3 Å². The van der Waals surface area contributed by atoms with E-state index in [0.29, 0.717) is 4.88 Å². The SMILES string of the molecule is O=C(COC(=O)Cc1ccc2c(c1)CCC2)NC(=O)c1cccs1. The highest BCUT2D eigenvalue weighted by atomic mass is 32.1. The molecule has 6 heteroatoms. The van der Waals surface area contributed by atoms with Gasteiger partial charge < -0.3 is 4.74 Å². The van der Waals surface area contributed by atoms with Crippen molar-refractivity contribution in [2.24, 2.45) is 0 Å². The van der Waals surface area contributed by atoms with Gasteiger partial charge in [0.2, 0.25) is 0 Å². The van der Waals surface area contributed by atoms with Crippen molar-refractivity contribution in [1.29, 1.82) is 0 Å². The van der Waals surface area contributed by atoms with E-state index in [4.69, 9.17) is 4.74 Å². The van der Waals surface area contributed by atoms with Crippen LogP contribution in [0.5, 0.6) is 0 Å². The van der Waals surface area contributed by atoms with Crippen LogP contribution in [0.2, 0.25) is 0 Å². The average Bonchev–Trinajstić information content (AvgIpc) is 3.23. The summed E-state index contributed by atoms with van der Waals surface area (Å²) in [5.41, 5.74) is 3.52.